The smallest absolute Gasteiger partial charge is 0.406 e. The number of carbonyl (C=O) groups is 1. The number of ether oxygens (including phenoxy) is 1. The Bertz CT molecular complexity index is 1170. The van der Waals surface area contributed by atoms with Gasteiger partial charge in [-0.2, -0.15) is 0 Å². The second-order valence-electron chi connectivity index (χ2n) is 7.60. The summed E-state index contributed by atoms with van der Waals surface area (Å²) >= 11 is 0. The van der Waals surface area contributed by atoms with Crippen LogP contribution in [-0.2, 0) is 31.0 Å². The second-order valence-corrected chi connectivity index (χ2v) is 9.66. The molecule has 0 aliphatic rings. The lowest BCUT2D eigenvalue weighted by Crippen LogP contribution is -2.16. The number of carbonyl (C=O) groups excluding carboxylic acids is 1. The number of nitrogens with zero attached hydrogens (tertiary/aromatic N) is 1. The number of hydrogen-bond acceptors (Lipinski definition) is 7. The zero-order chi connectivity index (χ0) is 26.2. The minimum Gasteiger partial charge on any atom is -0.406 e. The summed E-state index contributed by atoms with van der Waals surface area (Å²) in [5.74, 6) is -0.242. The summed E-state index contributed by atoms with van der Waals surface area (Å²) in [6.07, 6.45) is -2.76. The molecule has 3 rings (SSSR count). The molecule has 1 aromatic heterocycles. The quantitative estimate of drug-likeness (QED) is 0.266. The van der Waals surface area contributed by atoms with E-state index in [4.69, 9.17) is 13.6 Å². The van der Waals surface area contributed by atoms with Crippen molar-refractivity contribution >= 4 is 19.2 Å². The summed E-state index contributed by atoms with van der Waals surface area (Å²) in [6.45, 7) is 4.04. The minimum absolute atomic E-state index is 0.120. The Morgan fingerprint density at radius 3 is 2.25 bits per heavy atom. The van der Waals surface area contributed by atoms with Gasteiger partial charge in [0.05, 0.1) is 25.6 Å². The zero-order valence-corrected chi connectivity index (χ0v) is 20.6. The predicted octanol–water partition coefficient (Wildman–Crippen LogP) is 6.58. The number of aryl methyl sites for hydroxylation is 1. The van der Waals surface area contributed by atoms with Crippen LogP contribution in [0.4, 0.5) is 18.9 Å². The summed E-state index contributed by atoms with van der Waals surface area (Å²) in [5, 5.41) is 6.53. The van der Waals surface area contributed by atoms with Crippen LogP contribution in [0.1, 0.15) is 31.4 Å². The molecule has 0 aliphatic carbocycles. The molecule has 1 heterocycles. The van der Waals surface area contributed by atoms with E-state index < -0.39 is 14.0 Å². The van der Waals surface area contributed by atoms with Crippen molar-refractivity contribution < 1.29 is 40.8 Å². The third-order valence-corrected chi connectivity index (χ3v) is 6.94. The lowest BCUT2D eigenvalue weighted by atomic mass is 10.1. The van der Waals surface area contributed by atoms with Gasteiger partial charge in [0, 0.05) is 23.2 Å². The molecule has 0 saturated heterocycles. The summed E-state index contributed by atoms with van der Waals surface area (Å²) < 4.78 is 69.4. The fourth-order valence-electron chi connectivity index (χ4n) is 3.39. The molecular formula is C24H26F3N2O6P. The first-order valence-corrected chi connectivity index (χ1v) is 12.9. The summed E-state index contributed by atoms with van der Waals surface area (Å²) in [6, 6.07) is 12.1. The molecule has 0 aliphatic heterocycles. The van der Waals surface area contributed by atoms with E-state index in [-0.39, 0.29) is 37.5 Å². The van der Waals surface area contributed by atoms with E-state index in [0.717, 1.165) is 5.56 Å². The highest BCUT2D eigenvalue weighted by atomic mass is 31.2. The van der Waals surface area contributed by atoms with Crippen LogP contribution in [0, 0.1) is 0 Å². The lowest BCUT2D eigenvalue weighted by Gasteiger charge is -2.17. The van der Waals surface area contributed by atoms with Crippen molar-refractivity contribution in [2.24, 2.45) is 0 Å². The predicted molar refractivity (Wildman–Crippen MR) is 127 cm³/mol. The molecule has 36 heavy (non-hydrogen) atoms. The van der Waals surface area contributed by atoms with E-state index in [2.05, 4.69) is 15.2 Å². The summed E-state index contributed by atoms with van der Waals surface area (Å²) in [5.41, 5.74) is 2.45. The van der Waals surface area contributed by atoms with Crippen LogP contribution in [0.25, 0.3) is 11.3 Å². The minimum atomic E-state index is -4.78. The number of hydrogen-bond donors (Lipinski definition) is 1. The molecule has 0 saturated carbocycles. The Morgan fingerprint density at radius 2 is 1.67 bits per heavy atom. The highest BCUT2D eigenvalue weighted by Crippen LogP contribution is 2.51. The van der Waals surface area contributed by atoms with Crippen LogP contribution >= 0.6 is 7.60 Å². The van der Waals surface area contributed by atoms with Gasteiger partial charge in [-0.15, -0.1) is 13.2 Å². The van der Waals surface area contributed by atoms with Crippen LogP contribution in [0.2, 0.25) is 0 Å². The van der Waals surface area contributed by atoms with Crippen molar-refractivity contribution in [3.8, 4) is 17.1 Å². The van der Waals surface area contributed by atoms with Gasteiger partial charge >= 0.3 is 14.0 Å². The van der Waals surface area contributed by atoms with E-state index in [1.807, 2.05) is 0 Å². The molecule has 2 aromatic carbocycles. The SMILES string of the molecule is CCOP(=O)(Cc1ccc(NC(=O)CCc2cnoc2-c2ccc(OC(F)(F)F)cc2)cc1)OCC. The van der Waals surface area contributed by atoms with Gasteiger partial charge in [0.1, 0.15) is 5.75 Å². The average Bonchev–Trinajstić information content (AvgIpc) is 3.27. The molecule has 1 N–H and O–H groups in total. The first-order valence-electron chi connectivity index (χ1n) is 11.2. The van der Waals surface area contributed by atoms with Gasteiger partial charge < -0.3 is 23.6 Å². The van der Waals surface area contributed by atoms with Crippen LogP contribution in [-0.4, -0.2) is 30.6 Å². The standard InChI is InChI=1S/C24H26F3N2O6P/c1-3-32-36(31,33-4-2)16-17-5-10-20(11-6-17)29-22(30)14-9-19-15-28-35-23(19)18-7-12-21(13-8-18)34-24(25,26)27/h5-8,10-13,15H,3-4,9,14,16H2,1-2H3,(H,29,30). The van der Waals surface area contributed by atoms with Crippen molar-refractivity contribution in [3.63, 3.8) is 0 Å². The van der Waals surface area contributed by atoms with Crippen molar-refractivity contribution in [1.82, 2.24) is 5.16 Å². The number of rotatable bonds is 12. The fourth-order valence-corrected chi connectivity index (χ4v) is 5.10. The highest BCUT2D eigenvalue weighted by Gasteiger charge is 2.31. The largest absolute Gasteiger partial charge is 0.573 e. The van der Waals surface area contributed by atoms with Crippen LogP contribution < -0.4 is 10.1 Å². The van der Waals surface area contributed by atoms with E-state index in [1.54, 1.807) is 38.1 Å². The van der Waals surface area contributed by atoms with Gasteiger partial charge in [0.2, 0.25) is 5.91 Å². The van der Waals surface area contributed by atoms with Gasteiger partial charge in [-0.3, -0.25) is 9.36 Å². The van der Waals surface area contributed by atoms with Crippen molar-refractivity contribution in [2.45, 2.75) is 39.2 Å². The lowest BCUT2D eigenvalue weighted by molar-refractivity contribution is -0.274. The number of benzene rings is 2. The summed E-state index contributed by atoms with van der Waals surface area (Å²) in [4.78, 5) is 12.4. The number of nitrogens with one attached hydrogen (secondary N) is 1. The molecule has 0 atom stereocenters. The first kappa shape index (κ1) is 27.4. The van der Waals surface area contributed by atoms with E-state index in [9.17, 15) is 22.5 Å². The molecule has 0 radical (unpaired) electrons. The Morgan fingerprint density at radius 1 is 1.03 bits per heavy atom. The molecule has 0 spiro atoms. The van der Waals surface area contributed by atoms with E-state index >= 15 is 0 Å². The van der Waals surface area contributed by atoms with Gasteiger partial charge in [0.15, 0.2) is 5.76 Å². The third kappa shape index (κ3) is 8.22. The van der Waals surface area contributed by atoms with Gasteiger partial charge in [-0.05, 0) is 62.2 Å². The van der Waals surface area contributed by atoms with Gasteiger partial charge in [0.25, 0.3) is 0 Å². The fraction of sp³-hybridized carbons (Fsp3) is 0.333. The Labute approximate surface area is 206 Å². The second kappa shape index (κ2) is 12.2. The van der Waals surface area contributed by atoms with Crippen LogP contribution in [0.5, 0.6) is 5.75 Å². The molecule has 0 fully saturated rings. The molecule has 0 bridgehead atoms. The zero-order valence-electron chi connectivity index (χ0n) is 19.7. The number of anilines is 1. The van der Waals surface area contributed by atoms with Crippen molar-refractivity contribution in [2.75, 3.05) is 18.5 Å². The van der Waals surface area contributed by atoms with Crippen molar-refractivity contribution in [3.05, 3.63) is 65.9 Å². The normalized spacial score (nSPS) is 11.9. The molecule has 194 valence electrons. The van der Waals surface area contributed by atoms with Crippen LogP contribution in [0.3, 0.4) is 0 Å². The third-order valence-electron chi connectivity index (χ3n) is 4.88. The number of halogens is 3. The number of amides is 1. The van der Waals surface area contributed by atoms with Gasteiger partial charge in [-0.1, -0.05) is 17.3 Å². The van der Waals surface area contributed by atoms with E-state index in [1.165, 1.54) is 30.5 Å². The maximum Gasteiger partial charge on any atom is 0.573 e. The topological polar surface area (TPSA) is 99.9 Å². The summed E-state index contributed by atoms with van der Waals surface area (Å²) in [7, 11) is -3.22. The first-order chi connectivity index (χ1) is 17.1. The molecule has 1 amide bonds. The monoisotopic (exact) mass is 526 g/mol. The van der Waals surface area contributed by atoms with Crippen molar-refractivity contribution in [1.29, 1.82) is 0 Å². The number of aromatic nitrogens is 1. The van der Waals surface area contributed by atoms with E-state index in [0.29, 0.717) is 29.0 Å². The van der Waals surface area contributed by atoms with Crippen LogP contribution in [0.15, 0.2) is 59.3 Å². The Balaban J connectivity index is 1.55. The maximum absolute atomic E-state index is 12.7. The highest BCUT2D eigenvalue weighted by molar-refractivity contribution is 7.53. The molecule has 8 nitrogen and oxygen atoms in total. The molecule has 12 heteroatoms. The maximum atomic E-state index is 12.7. The molecular weight excluding hydrogens is 500 g/mol. The van der Waals surface area contributed by atoms with Gasteiger partial charge in [-0.25, -0.2) is 0 Å². The number of alkyl halides is 3. The Hall–Kier alpha value is -3.14. The Kier molecular flexibility index (Phi) is 9.31. The molecule has 3 aromatic rings. The average molecular weight is 526 g/mol. The molecule has 0 unspecified atom stereocenters.